The van der Waals surface area contributed by atoms with Crippen LogP contribution in [0.15, 0.2) is 54.6 Å². The Balaban J connectivity index is 1.64. The molecule has 0 unspecified atom stereocenters. The normalized spacial score (nSPS) is 11.0. The Morgan fingerprint density at radius 3 is 2.32 bits per heavy atom. The number of carbonyl (C=O) groups is 2. The average Bonchev–Trinajstić information content (AvgIpc) is 2.66. The summed E-state index contributed by atoms with van der Waals surface area (Å²) in [6.07, 6.45) is 1.15. The van der Waals surface area contributed by atoms with Crippen LogP contribution in [0.4, 0.5) is 0 Å². The van der Waals surface area contributed by atoms with E-state index in [1.807, 2.05) is 18.2 Å². The molecule has 28 heavy (non-hydrogen) atoms. The van der Waals surface area contributed by atoms with Crippen LogP contribution >= 0.6 is 11.8 Å². The zero-order valence-corrected chi connectivity index (χ0v) is 17.2. The predicted molar refractivity (Wildman–Crippen MR) is 111 cm³/mol. The second-order valence-electron chi connectivity index (χ2n) is 6.23. The van der Waals surface area contributed by atoms with Crippen LogP contribution in [-0.2, 0) is 30.9 Å². The van der Waals surface area contributed by atoms with Crippen molar-refractivity contribution in [3.8, 4) is 0 Å². The van der Waals surface area contributed by atoms with E-state index in [1.165, 1.54) is 17.7 Å². The predicted octanol–water partition coefficient (Wildman–Crippen LogP) is 2.44. The van der Waals surface area contributed by atoms with Crippen LogP contribution in [0.5, 0.6) is 0 Å². The van der Waals surface area contributed by atoms with E-state index in [9.17, 15) is 18.0 Å². The average molecular weight is 422 g/mol. The Morgan fingerprint density at radius 1 is 1.00 bits per heavy atom. The first kappa shape index (κ1) is 22.0. The first-order valence-electron chi connectivity index (χ1n) is 8.65. The largest absolute Gasteiger partial charge is 0.452 e. The quantitative estimate of drug-likeness (QED) is 0.468. The van der Waals surface area contributed by atoms with E-state index in [2.05, 4.69) is 17.4 Å². The zero-order valence-electron chi connectivity index (χ0n) is 15.6. The number of benzene rings is 2. The Kier molecular flexibility index (Phi) is 8.53. The maximum Gasteiger partial charge on any atom is 0.338 e. The van der Waals surface area contributed by atoms with Gasteiger partial charge in [0.25, 0.3) is 5.91 Å². The van der Waals surface area contributed by atoms with Crippen molar-refractivity contribution in [2.45, 2.75) is 11.5 Å². The van der Waals surface area contributed by atoms with Gasteiger partial charge in [-0.3, -0.25) is 4.79 Å². The van der Waals surface area contributed by atoms with Crippen LogP contribution < -0.4 is 5.32 Å². The highest BCUT2D eigenvalue weighted by atomic mass is 32.2. The van der Waals surface area contributed by atoms with Gasteiger partial charge in [-0.2, -0.15) is 11.8 Å². The molecule has 6 nitrogen and oxygen atoms in total. The van der Waals surface area contributed by atoms with Gasteiger partial charge in [0.1, 0.15) is 0 Å². The van der Waals surface area contributed by atoms with E-state index in [0.29, 0.717) is 12.1 Å². The molecular formula is C20H23NO5S2. The number of thioether (sulfide) groups is 1. The lowest BCUT2D eigenvalue weighted by molar-refractivity contribution is -0.124. The van der Waals surface area contributed by atoms with E-state index in [-0.39, 0.29) is 23.8 Å². The molecule has 0 radical (unpaired) electrons. The Hall–Kier alpha value is -2.32. The molecule has 2 rings (SSSR count). The molecule has 1 amide bonds. The third kappa shape index (κ3) is 8.58. The highest BCUT2D eigenvalue weighted by Crippen LogP contribution is 2.11. The molecule has 8 heteroatoms. The Bertz CT molecular complexity index is 881. The van der Waals surface area contributed by atoms with Crippen molar-refractivity contribution in [1.29, 1.82) is 0 Å². The van der Waals surface area contributed by atoms with E-state index < -0.39 is 15.8 Å². The fourth-order valence-corrected chi connectivity index (χ4v) is 3.95. The minimum absolute atomic E-state index is 0.0903. The lowest BCUT2D eigenvalue weighted by Crippen LogP contribution is -2.30. The van der Waals surface area contributed by atoms with E-state index in [4.69, 9.17) is 4.74 Å². The van der Waals surface area contributed by atoms with Gasteiger partial charge in [-0.1, -0.05) is 42.5 Å². The minimum Gasteiger partial charge on any atom is -0.452 e. The van der Waals surface area contributed by atoms with Crippen LogP contribution in [0.25, 0.3) is 0 Å². The van der Waals surface area contributed by atoms with Gasteiger partial charge in [-0.15, -0.1) is 0 Å². The molecule has 0 heterocycles. The molecule has 0 aromatic heterocycles. The number of amides is 1. The SMILES string of the molecule is CS(=O)(=O)Cc1ccc(C(=O)OCC(=O)NCCSCc2ccccc2)cc1. The summed E-state index contributed by atoms with van der Waals surface area (Å²) in [6, 6.07) is 16.2. The van der Waals surface area contributed by atoms with E-state index in [1.54, 1.807) is 23.9 Å². The first-order valence-corrected chi connectivity index (χ1v) is 11.9. The summed E-state index contributed by atoms with van der Waals surface area (Å²) in [5.74, 6) is 0.562. The smallest absolute Gasteiger partial charge is 0.338 e. The molecule has 0 saturated heterocycles. The highest BCUT2D eigenvalue weighted by Gasteiger charge is 2.11. The minimum atomic E-state index is -3.13. The van der Waals surface area contributed by atoms with Gasteiger partial charge in [0.2, 0.25) is 0 Å². The van der Waals surface area contributed by atoms with Crippen LogP contribution in [0.3, 0.4) is 0 Å². The summed E-state index contributed by atoms with van der Waals surface area (Å²) in [7, 11) is -3.13. The van der Waals surface area contributed by atoms with E-state index >= 15 is 0 Å². The highest BCUT2D eigenvalue weighted by molar-refractivity contribution is 7.98. The van der Waals surface area contributed by atoms with Crippen LogP contribution in [0.2, 0.25) is 0 Å². The molecule has 0 atom stereocenters. The number of carbonyl (C=O) groups excluding carboxylic acids is 2. The summed E-state index contributed by atoms with van der Waals surface area (Å²) in [4.78, 5) is 23.7. The summed E-state index contributed by atoms with van der Waals surface area (Å²) < 4.78 is 27.5. The number of hydrogen-bond donors (Lipinski definition) is 1. The first-order chi connectivity index (χ1) is 13.3. The van der Waals surface area contributed by atoms with Crippen molar-refractivity contribution < 1.29 is 22.7 Å². The molecule has 150 valence electrons. The molecule has 0 aliphatic rings. The molecular weight excluding hydrogens is 398 g/mol. The summed E-state index contributed by atoms with van der Waals surface area (Å²) >= 11 is 1.71. The molecule has 1 N–H and O–H groups in total. The maximum absolute atomic E-state index is 12.0. The number of sulfone groups is 1. The number of rotatable bonds is 10. The van der Waals surface area contributed by atoms with Gasteiger partial charge < -0.3 is 10.1 Å². The maximum atomic E-state index is 12.0. The molecule has 0 spiro atoms. The van der Waals surface area contributed by atoms with Crippen molar-refractivity contribution in [3.63, 3.8) is 0 Å². The van der Waals surface area contributed by atoms with Crippen molar-refractivity contribution >= 4 is 33.5 Å². The van der Waals surface area contributed by atoms with Crippen molar-refractivity contribution in [3.05, 3.63) is 71.3 Å². The monoisotopic (exact) mass is 421 g/mol. The Labute approximate surface area is 169 Å². The van der Waals surface area contributed by atoms with Crippen LogP contribution in [0.1, 0.15) is 21.5 Å². The number of hydrogen-bond acceptors (Lipinski definition) is 6. The molecule has 0 aliphatic carbocycles. The summed E-state index contributed by atoms with van der Waals surface area (Å²) in [6.45, 7) is 0.140. The van der Waals surface area contributed by atoms with E-state index in [0.717, 1.165) is 17.8 Å². The molecule has 0 saturated carbocycles. The number of nitrogens with one attached hydrogen (secondary N) is 1. The summed E-state index contributed by atoms with van der Waals surface area (Å²) in [5, 5.41) is 2.71. The third-order valence-electron chi connectivity index (χ3n) is 3.63. The second kappa shape index (κ2) is 10.9. The van der Waals surface area contributed by atoms with Gasteiger partial charge in [0.05, 0.1) is 11.3 Å². The fourth-order valence-electron chi connectivity index (χ4n) is 2.33. The lowest BCUT2D eigenvalue weighted by atomic mass is 10.1. The zero-order chi connectivity index (χ0) is 20.4. The molecule has 0 fully saturated rings. The van der Waals surface area contributed by atoms with Gasteiger partial charge >= 0.3 is 5.97 Å². The molecule has 2 aromatic carbocycles. The molecule has 0 bridgehead atoms. The van der Waals surface area contributed by atoms with Crippen molar-refractivity contribution in [1.82, 2.24) is 5.32 Å². The molecule has 2 aromatic rings. The number of esters is 1. The number of ether oxygens (including phenoxy) is 1. The van der Waals surface area contributed by atoms with Crippen LogP contribution in [0, 0.1) is 0 Å². The molecule has 0 aliphatic heterocycles. The lowest BCUT2D eigenvalue weighted by Gasteiger charge is -2.07. The standard InChI is InChI=1S/C20H23NO5S2/c1-28(24,25)15-17-7-9-18(10-8-17)20(23)26-13-19(22)21-11-12-27-14-16-5-3-2-4-6-16/h2-10H,11-15H2,1H3,(H,21,22). The van der Waals surface area contributed by atoms with Crippen molar-refractivity contribution in [2.24, 2.45) is 0 Å². The second-order valence-corrected chi connectivity index (χ2v) is 9.48. The van der Waals surface area contributed by atoms with Gasteiger partial charge in [0, 0.05) is 24.3 Å². The Morgan fingerprint density at radius 2 is 1.68 bits per heavy atom. The third-order valence-corrected chi connectivity index (χ3v) is 5.52. The topological polar surface area (TPSA) is 89.5 Å². The van der Waals surface area contributed by atoms with Crippen LogP contribution in [-0.4, -0.2) is 45.5 Å². The fraction of sp³-hybridized carbons (Fsp3) is 0.300. The van der Waals surface area contributed by atoms with Gasteiger partial charge in [-0.05, 0) is 23.3 Å². The van der Waals surface area contributed by atoms with Gasteiger partial charge in [-0.25, -0.2) is 13.2 Å². The summed E-state index contributed by atoms with van der Waals surface area (Å²) in [5.41, 5.74) is 2.09. The van der Waals surface area contributed by atoms with Gasteiger partial charge in [0.15, 0.2) is 16.4 Å². The van der Waals surface area contributed by atoms with Crippen molar-refractivity contribution in [2.75, 3.05) is 25.2 Å².